The van der Waals surface area contributed by atoms with Crippen LogP contribution >= 0.6 is 15.9 Å². The lowest BCUT2D eigenvalue weighted by molar-refractivity contribution is 0.278. The third-order valence-corrected chi connectivity index (χ3v) is 2.39. The molecule has 0 saturated carbocycles. The van der Waals surface area contributed by atoms with Crippen molar-refractivity contribution in [3.63, 3.8) is 0 Å². The van der Waals surface area contributed by atoms with Gasteiger partial charge in [0.15, 0.2) is 0 Å². The fourth-order valence-corrected chi connectivity index (χ4v) is 1.68. The third-order valence-electron chi connectivity index (χ3n) is 1.08. The topological polar surface area (TPSA) is 94.8 Å². The van der Waals surface area contributed by atoms with Gasteiger partial charge in [0.25, 0.3) is 0 Å². The van der Waals surface area contributed by atoms with Crippen LogP contribution in [0.5, 0.6) is 0 Å². The van der Waals surface area contributed by atoms with E-state index in [9.17, 15) is 12.3 Å². The van der Waals surface area contributed by atoms with E-state index in [-0.39, 0.29) is 4.90 Å². The minimum absolute atomic E-state index is 0.327. The van der Waals surface area contributed by atoms with Gasteiger partial charge in [0.1, 0.15) is 0 Å². The zero-order valence-corrected chi connectivity index (χ0v) is 9.61. The number of hydrogen-bond acceptors (Lipinski definition) is 5. The number of halogens is 2. The van der Waals surface area contributed by atoms with Crippen molar-refractivity contribution in [2.75, 3.05) is 0 Å². The van der Waals surface area contributed by atoms with Crippen LogP contribution in [0.25, 0.3) is 0 Å². The van der Waals surface area contributed by atoms with Crippen LogP contribution in [0.3, 0.4) is 0 Å². The Morgan fingerprint density at radius 1 is 1.27 bits per heavy atom. The Balaban J connectivity index is 0.000000423. The maximum absolute atomic E-state index is 12.3. The molecule has 0 atom stereocenters. The van der Waals surface area contributed by atoms with Gasteiger partial charge >= 0.3 is 17.5 Å². The molecule has 0 aliphatic rings. The van der Waals surface area contributed by atoms with Crippen LogP contribution in [0, 0.1) is 0 Å². The molecular weight excluding hydrogens is 294 g/mol. The van der Waals surface area contributed by atoms with Crippen molar-refractivity contribution >= 4 is 33.5 Å². The second-order valence-electron chi connectivity index (χ2n) is 2.24. The molecule has 0 saturated heterocycles. The molecule has 1 aromatic rings. The molecule has 0 unspecified atom stereocenters. The van der Waals surface area contributed by atoms with E-state index in [0.29, 0.717) is 4.47 Å². The predicted molar refractivity (Wildman–Crippen MR) is 54.8 cm³/mol. The second-order valence-corrected chi connectivity index (χ2v) is 4.50. The van der Waals surface area contributed by atoms with Gasteiger partial charge in [0.05, 0.1) is 4.90 Å². The summed E-state index contributed by atoms with van der Waals surface area (Å²) >= 11 is 3.02. The van der Waals surface area contributed by atoms with E-state index in [0.717, 1.165) is 0 Å². The van der Waals surface area contributed by atoms with Crippen molar-refractivity contribution < 1.29 is 27.4 Å². The summed E-state index contributed by atoms with van der Waals surface area (Å²) in [6.07, 6.45) is 0. The normalized spacial score (nSPS) is 10.2. The molecule has 0 amide bonds. The fourth-order valence-electron chi connectivity index (χ4n) is 0.619. The van der Waals surface area contributed by atoms with Gasteiger partial charge in [0, 0.05) is 4.47 Å². The Morgan fingerprint density at radius 3 is 2.00 bits per heavy atom. The summed E-state index contributed by atoms with van der Waals surface area (Å²) in [5, 5.41) is 21.5. The molecule has 5 nitrogen and oxygen atoms in total. The highest BCUT2D eigenvalue weighted by Crippen LogP contribution is 2.17. The molecule has 0 bridgehead atoms. The summed E-state index contributed by atoms with van der Waals surface area (Å²) in [5.74, 6) is 0. The molecule has 0 heterocycles. The van der Waals surface area contributed by atoms with Crippen molar-refractivity contribution in [3.8, 4) is 0 Å². The lowest BCUT2D eigenvalue weighted by Crippen LogP contribution is -2.07. The van der Waals surface area contributed by atoms with E-state index in [1.54, 1.807) is 6.07 Å². The molecule has 1 aromatic carbocycles. The maximum Gasteiger partial charge on any atom is 0.631 e. The summed E-state index contributed by atoms with van der Waals surface area (Å²) in [7, 11) is -6.72. The quantitative estimate of drug-likeness (QED) is 0.503. The van der Waals surface area contributed by atoms with E-state index in [1.165, 1.54) is 18.2 Å². The van der Waals surface area contributed by atoms with Gasteiger partial charge in [0.2, 0.25) is 0 Å². The molecule has 9 heteroatoms. The van der Waals surface area contributed by atoms with Crippen molar-refractivity contribution in [2.24, 2.45) is 0 Å². The van der Waals surface area contributed by atoms with Gasteiger partial charge in [-0.3, -0.25) is 0 Å². The van der Waals surface area contributed by atoms with Gasteiger partial charge in [-0.25, -0.2) is 0 Å². The summed E-state index contributed by atoms with van der Waals surface area (Å²) in [6, 6.07) is 5.47. The zero-order valence-electron chi connectivity index (χ0n) is 7.21. The van der Waals surface area contributed by atoms with Crippen LogP contribution in [0.15, 0.2) is 33.6 Å². The van der Waals surface area contributed by atoms with Gasteiger partial charge < -0.3 is 15.1 Å². The minimum atomic E-state index is -4.56. The van der Waals surface area contributed by atoms with E-state index in [2.05, 4.69) is 15.9 Å². The molecule has 1 rings (SSSR count). The first-order chi connectivity index (χ1) is 6.73. The van der Waals surface area contributed by atoms with E-state index in [1.807, 2.05) is 0 Å². The van der Waals surface area contributed by atoms with Gasteiger partial charge in [-0.1, -0.05) is 22.0 Å². The Kier molecular flexibility index (Phi) is 5.99. The molecule has 15 heavy (non-hydrogen) atoms. The van der Waals surface area contributed by atoms with Crippen LogP contribution < -0.4 is 0 Å². The Labute approximate surface area is 94.7 Å². The van der Waals surface area contributed by atoms with Crippen LogP contribution in [0.2, 0.25) is 0 Å². The average Bonchev–Trinajstić information content (AvgIpc) is 2.01. The van der Waals surface area contributed by atoms with Crippen molar-refractivity contribution in [1.82, 2.24) is 0 Å². The smallest absolute Gasteiger partial charge is 0.402 e. The Morgan fingerprint density at radius 2 is 1.73 bits per heavy atom. The van der Waals surface area contributed by atoms with Gasteiger partial charge in [-0.2, -0.15) is 8.42 Å². The van der Waals surface area contributed by atoms with Gasteiger partial charge in [-0.05, 0) is 18.2 Å². The van der Waals surface area contributed by atoms with Crippen molar-refractivity contribution in [2.45, 2.75) is 4.90 Å². The van der Waals surface area contributed by atoms with Gasteiger partial charge in [-0.15, -0.1) is 3.89 Å². The lowest BCUT2D eigenvalue weighted by Gasteiger charge is -1.93. The average molecular weight is 301 g/mol. The number of hydrogen-bond donors (Lipinski definition) is 3. The first kappa shape index (κ1) is 14.5. The molecule has 0 aliphatic carbocycles. The third kappa shape index (κ3) is 7.45. The summed E-state index contributed by atoms with van der Waals surface area (Å²) in [5.41, 5.74) is 0. The first-order valence-corrected chi connectivity index (χ1v) is 5.65. The molecule has 0 fully saturated rings. The fraction of sp³-hybridized carbons (Fsp3) is 0. The number of benzene rings is 1. The van der Waals surface area contributed by atoms with Crippen LogP contribution in [-0.2, 0) is 10.2 Å². The molecule has 0 aliphatic heterocycles. The van der Waals surface area contributed by atoms with Crippen molar-refractivity contribution in [3.05, 3.63) is 28.7 Å². The van der Waals surface area contributed by atoms with Crippen LogP contribution in [0.4, 0.5) is 3.89 Å². The summed E-state index contributed by atoms with van der Waals surface area (Å²) < 4.78 is 33.4. The highest BCUT2D eigenvalue weighted by molar-refractivity contribution is 9.10. The summed E-state index contributed by atoms with van der Waals surface area (Å²) in [6.45, 7) is 0. The largest absolute Gasteiger partial charge is 0.631 e. The SMILES string of the molecule is O=S(=O)(F)c1cccc(Br)c1.OB(O)O. The summed E-state index contributed by atoms with van der Waals surface area (Å²) in [4.78, 5) is -0.327. The highest BCUT2D eigenvalue weighted by atomic mass is 79.9. The van der Waals surface area contributed by atoms with E-state index >= 15 is 0 Å². The highest BCUT2D eigenvalue weighted by Gasteiger charge is 2.10. The second kappa shape index (κ2) is 6.18. The first-order valence-electron chi connectivity index (χ1n) is 3.48. The molecule has 0 spiro atoms. The molecule has 0 radical (unpaired) electrons. The predicted octanol–water partition coefficient (Wildman–Crippen LogP) is 0.0555. The molecule has 3 N–H and O–H groups in total. The molecular formula is C6H7BBrFO5S. The molecule has 84 valence electrons. The monoisotopic (exact) mass is 300 g/mol. The number of rotatable bonds is 1. The zero-order chi connectivity index (χ0) is 12.1. The molecule has 0 aromatic heterocycles. The van der Waals surface area contributed by atoms with E-state index in [4.69, 9.17) is 15.1 Å². The minimum Gasteiger partial charge on any atom is -0.402 e. The Bertz CT molecular complexity index is 407. The standard InChI is InChI=1S/C6H4BrFO2S.BH3O3/c7-5-2-1-3-6(4-5)11(8,9)10;2-1(3)4/h1-4H;2-4H. The Hall–Kier alpha value is -0.475. The van der Waals surface area contributed by atoms with Crippen LogP contribution in [-0.4, -0.2) is 30.8 Å². The van der Waals surface area contributed by atoms with Crippen molar-refractivity contribution in [1.29, 1.82) is 0 Å². The lowest BCUT2D eigenvalue weighted by atomic mass is 10.3. The van der Waals surface area contributed by atoms with E-state index < -0.39 is 17.5 Å². The van der Waals surface area contributed by atoms with Crippen LogP contribution in [0.1, 0.15) is 0 Å². The maximum atomic E-state index is 12.3.